The van der Waals surface area contributed by atoms with Crippen LogP contribution in [-0.4, -0.2) is 16.9 Å². The number of hydrogen-bond donors (Lipinski definition) is 1. The van der Waals surface area contributed by atoms with Gasteiger partial charge in [-0.15, -0.1) is 0 Å². The Balaban J connectivity index is 1.42. The summed E-state index contributed by atoms with van der Waals surface area (Å²) >= 11 is 0. The van der Waals surface area contributed by atoms with Gasteiger partial charge in [0.25, 0.3) is 0 Å². The van der Waals surface area contributed by atoms with E-state index in [1.54, 1.807) is 0 Å². The Bertz CT molecular complexity index is 1270. The van der Waals surface area contributed by atoms with E-state index in [2.05, 4.69) is 78.5 Å². The smallest absolute Gasteiger partial charge is 0.309 e. The summed E-state index contributed by atoms with van der Waals surface area (Å²) in [7, 11) is 0. The Morgan fingerprint density at radius 3 is 2.25 bits per heavy atom. The summed E-state index contributed by atoms with van der Waals surface area (Å²) in [5.41, 5.74) is 2.60. The molecular weight excluding hydrogens is 492 g/mol. The topological polar surface area (TPSA) is 54.4 Å². The van der Waals surface area contributed by atoms with Gasteiger partial charge in [-0.3, -0.25) is 9.59 Å². The highest BCUT2D eigenvalue weighted by atomic mass is 16.4. The van der Waals surface area contributed by atoms with Crippen molar-refractivity contribution in [3.8, 4) is 0 Å². The summed E-state index contributed by atoms with van der Waals surface area (Å²) in [6, 6.07) is 10.3. The lowest BCUT2D eigenvalue weighted by atomic mass is 9.32. The number of aliphatic carboxylic acids is 1. The minimum Gasteiger partial charge on any atom is -0.481 e. The molecule has 0 unspecified atom stereocenters. The number of Topliss-reactive ketones (excluding diaryl/α,β-unsaturated/α-hetero) is 1. The number of carbonyl (C=O) groups is 2. The Labute approximate surface area is 241 Å². The van der Waals surface area contributed by atoms with Gasteiger partial charge in [0.05, 0.1) is 5.41 Å². The molecule has 0 aliphatic heterocycles. The lowest BCUT2D eigenvalue weighted by Crippen LogP contribution is -2.67. The monoisotopic (exact) mass is 542 g/mol. The zero-order valence-electron chi connectivity index (χ0n) is 25.7. The first-order chi connectivity index (χ1) is 18.7. The van der Waals surface area contributed by atoms with Crippen LogP contribution in [0.15, 0.2) is 48.1 Å². The number of rotatable bonds is 3. The predicted octanol–water partition coefficient (Wildman–Crippen LogP) is 8.99. The van der Waals surface area contributed by atoms with E-state index in [9.17, 15) is 14.7 Å². The molecule has 0 heterocycles. The molecule has 0 radical (unpaired) electrons. The van der Waals surface area contributed by atoms with E-state index in [1.807, 2.05) is 6.07 Å². The van der Waals surface area contributed by atoms with Crippen molar-refractivity contribution in [3.05, 3.63) is 53.6 Å². The van der Waals surface area contributed by atoms with Crippen molar-refractivity contribution in [2.75, 3.05) is 0 Å². The number of carboxylic acids is 1. The highest BCUT2D eigenvalue weighted by Gasteiger charge is 2.72. The van der Waals surface area contributed by atoms with E-state index in [0.29, 0.717) is 29.5 Å². The van der Waals surface area contributed by atoms with Crippen molar-refractivity contribution in [1.29, 1.82) is 0 Å². The average molecular weight is 543 g/mol. The van der Waals surface area contributed by atoms with Crippen LogP contribution >= 0.6 is 0 Å². The van der Waals surface area contributed by atoms with Gasteiger partial charge in [0.15, 0.2) is 5.78 Å². The van der Waals surface area contributed by atoms with Crippen LogP contribution in [0, 0.1) is 56.7 Å². The van der Waals surface area contributed by atoms with Crippen LogP contribution in [0.5, 0.6) is 0 Å². The third-order valence-corrected chi connectivity index (χ3v) is 14.2. The molecule has 0 aromatic heterocycles. The van der Waals surface area contributed by atoms with Crippen LogP contribution in [0.25, 0.3) is 6.08 Å². The molecule has 0 amide bonds. The first-order valence-electron chi connectivity index (χ1n) is 15.9. The standard InChI is InChI=1S/C37H50O3/c1-23(2)26-15-18-37(32(39)40)20-19-35(6)27(30(26)37)13-14-29-34(5)22-25(21-24-11-9-8-10-12-24)31(38)33(3,4)28(34)16-17-36(29,35)7/h8-12,21,26-30H,1,13-20,22H2,2-7H3,(H,39,40)/b25-21-/t26-,27+,28+,29+,30+,34-,35+,36+,37-/m0/s1. The maximum atomic E-state index is 14.0. The van der Waals surface area contributed by atoms with Crippen molar-refractivity contribution in [2.45, 2.75) is 99.3 Å². The Morgan fingerprint density at radius 2 is 1.60 bits per heavy atom. The number of ketones is 1. The summed E-state index contributed by atoms with van der Waals surface area (Å²) in [4.78, 5) is 26.9. The second-order valence-corrected chi connectivity index (χ2v) is 16.0. The van der Waals surface area contributed by atoms with Gasteiger partial charge in [0, 0.05) is 5.41 Å². The maximum Gasteiger partial charge on any atom is 0.309 e. The van der Waals surface area contributed by atoms with Crippen molar-refractivity contribution < 1.29 is 14.7 Å². The van der Waals surface area contributed by atoms with Gasteiger partial charge >= 0.3 is 5.97 Å². The van der Waals surface area contributed by atoms with Crippen LogP contribution in [0.4, 0.5) is 0 Å². The molecule has 5 aliphatic rings. The quantitative estimate of drug-likeness (QED) is 0.306. The van der Waals surface area contributed by atoms with Gasteiger partial charge in [-0.1, -0.05) is 77.1 Å². The van der Waals surface area contributed by atoms with Gasteiger partial charge in [-0.2, -0.15) is 0 Å². The largest absolute Gasteiger partial charge is 0.481 e. The third-order valence-electron chi connectivity index (χ3n) is 14.2. The normalized spacial score (nSPS) is 46.6. The van der Waals surface area contributed by atoms with Crippen LogP contribution in [0.3, 0.4) is 0 Å². The average Bonchev–Trinajstić information content (AvgIpc) is 3.30. The fourth-order valence-electron chi connectivity index (χ4n) is 12.2. The zero-order chi connectivity index (χ0) is 28.9. The van der Waals surface area contributed by atoms with Gasteiger partial charge in [0.1, 0.15) is 0 Å². The van der Waals surface area contributed by atoms with E-state index >= 15 is 0 Å². The van der Waals surface area contributed by atoms with Crippen LogP contribution < -0.4 is 0 Å². The molecule has 6 rings (SSSR count). The lowest BCUT2D eigenvalue weighted by molar-refractivity contribution is -0.231. The second kappa shape index (κ2) is 8.92. The van der Waals surface area contributed by atoms with Gasteiger partial charge < -0.3 is 5.11 Å². The molecule has 40 heavy (non-hydrogen) atoms. The molecule has 1 N–H and O–H groups in total. The molecule has 0 saturated heterocycles. The first-order valence-corrected chi connectivity index (χ1v) is 15.9. The lowest BCUT2D eigenvalue weighted by Gasteiger charge is -2.72. The van der Waals surface area contributed by atoms with E-state index in [1.165, 1.54) is 5.57 Å². The molecule has 5 aliphatic carbocycles. The van der Waals surface area contributed by atoms with E-state index < -0.39 is 11.4 Å². The minimum absolute atomic E-state index is 0.0454. The number of carboxylic acid groups (broad SMARTS) is 1. The van der Waals surface area contributed by atoms with Gasteiger partial charge in [-0.05, 0) is 128 Å². The van der Waals surface area contributed by atoms with Gasteiger partial charge in [0.2, 0.25) is 0 Å². The second-order valence-electron chi connectivity index (χ2n) is 16.0. The van der Waals surface area contributed by atoms with E-state index in [0.717, 1.165) is 68.9 Å². The van der Waals surface area contributed by atoms with Crippen molar-refractivity contribution in [1.82, 2.24) is 0 Å². The number of hydrogen-bond acceptors (Lipinski definition) is 2. The molecule has 3 nitrogen and oxygen atoms in total. The molecule has 3 heteroatoms. The summed E-state index contributed by atoms with van der Waals surface area (Å²) < 4.78 is 0. The van der Waals surface area contributed by atoms with Crippen molar-refractivity contribution >= 4 is 17.8 Å². The highest BCUT2D eigenvalue weighted by molar-refractivity contribution is 6.04. The van der Waals surface area contributed by atoms with Gasteiger partial charge in [-0.25, -0.2) is 0 Å². The molecule has 5 saturated carbocycles. The summed E-state index contributed by atoms with van der Waals surface area (Å²) in [6.45, 7) is 18.6. The van der Waals surface area contributed by atoms with E-state index in [4.69, 9.17) is 0 Å². The molecule has 5 fully saturated rings. The summed E-state index contributed by atoms with van der Waals surface area (Å²) in [6.07, 6.45) is 11.1. The van der Waals surface area contributed by atoms with Crippen LogP contribution in [0.1, 0.15) is 105 Å². The number of allylic oxidation sites excluding steroid dienone is 2. The summed E-state index contributed by atoms with van der Waals surface area (Å²) in [5, 5.41) is 10.6. The predicted molar refractivity (Wildman–Crippen MR) is 161 cm³/mol. The molecule has 0 bridgehead atoms. The molecule has 1 aromatic carbocycles. The fourth-order valence-corrected chi connectivity index (χ4v) is 12.2. The first kappa shape index (κ1) is 28.0. The summed E-state index contributed by atoms with van der Waals surface area (Å²) in [5.74, 6) is 1.60. The molecule has 9 atom stereocenters. The Kier molecular flexibility index (Phi) is 6.24. The Hall–Kier alpha value is -2.16. The zero-order valence-corrected chi connectivity index (χ0v) is 25.7. The minimum atomic E-state index is -0.580. The molecule has 0 spiro atoms. The molecule has 1 aromatic rings. The molecule has 216 valence electrons. The third kappa shape index (κ3) is 3.48. The van der Waals surface area contributed by atoms with Crippen LogP contribution in [-0.2, 0) is 9.59 Å². The number of fused-ring (bicyclic) bond motifs is 7. The fraction of sp³-hybridized carbons (Fsp3) is 0.676. The SMILES string of the molecule is C=C(C)[C@@H]1CC[C@]2(C(=O)O)CC[C@]3(C)[C@H](CC[C@@H]4[C@@]5(C)C/C(=C/c6ccccc6)C(=O)C(C)(C)[C@H]5CC[C@]43C)[C@@H]12. The van der Waals surface area contributed by atoms with E-state index in [-0.39, 0.29) is 27.6 Å². The van der Waals surface area contributed by atoms with Crippen molar-refractivity contribution in [2.24, 2.45) is 56.7 Å². The number of benzene rings is 1. The number of carbonyl (C=O) groups excluding carboxylic acids is 1. The molecular formula is C37H50O3. The highest BCUT2D eigenvalue weighted by Crippen LogP contribution is 2.77. The van der Waals surface area contributed by atoms with Crippen LogP contribution in [0.2, 0.25) is 0 Å². The Morgan fingerprint density at radius 1 is 0.900 bits per heavy atom. The maximum absolute atomic E-state index is 14.0. The van der Waals surface area contributed by atoms with Crippen molar-refractivity contribution in [3.63, 3.8) is 0 Å².